The van der Waals surface area contributed by atoms with Crippen LogP contribution in [0.2, 0.25) is 0 Å². The van der Waals surface area contributed by atoms with Gasteiger partial charge in [0.1, 0.15) is 5.82 Å². The standard InChI is InChI=1S/C29H27N3O4S/c1-16-11-12-37-27(16)25-24-20(30-28-26(25)29(34)32(31-28)19-7-5-4-6-8-19)13-18(14-21(24)33)17-9-10-22(35-2)23(15-17)36-3/h4-12,15,18,25,30-31H,13-14H2,1-3H3/t18-,25-/m1/s1. The predicted molar refractivity (Wildman–Crippen MR) is 144 cm³/mol. The largest absolute Gasteiger partial charge is 0.493 e. The quantitative estimate of drug-likeness (QED) is 0.368. The first kappa shape index (κ1) is 23.4. The summed E-state index contributed by atoms with van der Waals surface area (Å²) in [5.74, 6) is 1.58. The van der Waals surface area contributed by atoms with Crippen molar-refractivity contribution in [3.8, 4) is 17.2 Å². The molecule has 2 aromatic carbocycles. The second-order valence-corrected chi connectivity index (χ2v) is 10.4. The number of para-hydroxylation sites is 1. The number of nitrogens with zero attached hydrogens (tertiary/aromatic N) is 1. The molecule has 7 nitrogen and oxygen atoms in total. The molecule has 6 rings (SSSR count). The molecule has 0 saturated heterocycles. The summed E-state index contributed by atoms with van der Waals surface area (Å²) in [6.07, 6.45) is 1.01. The molecule has 2 aliphatic rings. The number of nitrogens with one attached hydrogen (secondary N) is 2. The number of benzene rings is 2. The van der Waals surface area contributed by atoms with Gasteiger partial charge in [-0.15, -0.1) is 11.3 Å². The van der Waals surface area contributed by atoms with Crippen LogP contribution in [0.3, 0.4) is 0 Å². The number of carbonyl (C=O) groups is 1. The minimum absolute atomic E-state index is 0.0203. The zero-order valence-corrected chi connectivity index (χ0v) is 21.6. The molecule has 3 heterocycles. The Hall–Kier alpha value is -4.04. The van der Waals surface area contributed by atoms with E-state index < -0.39 is 5.92 Å². The second-order valence-electron chi connectivity index (χ2n) is 9.44. The third-order valence-electron chi connectivity index (χ3n) is 7.34. The lowest BCUT2D eigenvalue weighted by Gasteiger charge is -2.34. The molecular weight excluding hydrogens is 486 g/mol. The summed E-state index contributed by atoms with van der Waals surface area (Å²) in [5.41, 5.74) is 4.85. The molecule has 188 valence electrons. The van der Waals surface area contributed by atoms with Crippen molar-refractivity contribution in [3.63, 3.8) is 0 Å². The molecule has 2 N–H and O–H groups in total. The van der Waals surface area contributed by atoms with Crippen molar-refractivity contribution in [1.82, 2.24) is 9.78 Å². The molecule has 0 bridgehead atoms. The normalized spacial score (nSPS) is 18.7. The van der Waals surface area contributed by atoms with Crippen LogP contribution in [0.4, 0.5) is 5.82 Å². The number of hydrogen-bond donors (Lipinski definition) is 2. The maximum Gasteiger partial charge on any atom is 0.277 e. The smallest absolute Gasteiger partial charge is 0.277 e. The first-order chi connectivity index (χ1) is 18.0. The third-order valence-corrected chi connectivity index (χ3v) is 8.43. The van der Waals surface area contributed by atoms with E-state index in [0.717, 1.165) is 27.4 Å². The zero-order valence-electron chi connectivity index (χ0n) is 20.8. The fraction of sp³-hybridized carbons (Fsp3) is 0.241. The molecule has 0 spiro atoms. The van der Waals surface area contributed by atoms with Crippen LogP contribution in [0.25, 0.3) is 5.69 Å². The maximum atomic E-state index is 13.8. The van der Waals surface area contributed by atoms with Crippen LogP contribution >= 0.6 is 11.3 Å². The Bertz CT molecular complexity index is 1590. The van der Waals surface area contributed by atoms with Crippen molar-refractivity contribution in [2.75, 3.05) is 19.5 Å². The SMILES string of the molecule is COc1ccc([C@H]2CC(=O)C3=C(C2)Nc2[nH]n(-c4ccccc4)c(=O)c2[C@@H]3c2sccc2C)cc1OC. The van der Waals surface area contributed by atoms with Crippen LogP contribution in [0.15, 0.2) is 76.0 Å². The number of thiophene rings is 1. The lowest BCUT2D eigenvalue weighted by atomic mass is 9.74. The fourth-order valence-corrected chi connectivity index (χ4v) is 6.58. The van der Waals surface area contributed by atoms with E-state index in [2.05, 4.69) is 10.4 Å². The van der Waals surface area contributed by atoms with Crippen molar-refractivity contribution in [2.45, 2.75) is 31.6 Å². The summed E-state index contributed by atoms with van der Waals surface area (Å²) in [7, 11) is 3.22. The zero-order chi connectivity index (χ0) is 25.7. The van der Waals surface area contributed by atoms with Crippen LogP contribution in [0.1, 0.15) is 46.2 Å². The number of hydrogen-bond acceptors (Lipinski definition) is 6. The van der Waals surface area contributed by atoms with Crippen molar-refractivity contribution in [3.05, 3.63) is 103 Å². The van der Waals surface area contributed by atoms with Gasteiger partial charge in [-0.2, -0.15) is 0 Å². The lowest BCUT2D eigenvalue weighted by Crippen LogP contribution is -2.31. The van der Waals surface area contributed by atoms with Crippen molar-refractivity contribution < 1.29 is 14.3 Å². The molecule has 0 saturated carbocycles. The van der Waals surface area contributed by atoms with Gasteiger partial charge in [-0.3, -0.25) is 14.7 Å². The van der Waals surface area contributed by atoms with Gasteiger partial charge in [0.2, 0.25) is 0 Å². The van der Waals surface area contributed by atoms with Gasteiger partial charge in [-0.25, -0.2) is 4.68 Å². The van der Waals surface area contributed by atoms with Gasteiger partial charge < -0.3 is 14.8 Å². The third kappa shape index (κ3) is 3.79. The summed E-state index contributed by atoms with van der Waals surface area (Å²) in [6, 6.07) is 17.4. The molecule has 4 aromatic rings. The van der Waals surface area contributed by atoms with Gasteiger partial charge in [0, 0.05) is 22.6 Å². The summed E-state index contributed by atoms with van der Waals surface area (Å²) in [4.78, 5) is 28.6. The number of allylic oxidation sites excluding steroid dienone is 2. The van der Waals surface area contributed by atoms with Crippen LogP contribution in [-0.4, -0.2) is 29.8 Å². The molecule has 37 heavy (non-hydrogen) atoms. The van der Waals surface area contributed by atoms with E-state index in [1.54, 1.807) is 30.2 Å². The van der Waals surface area contributed by atoms with E-state index in [9.17, 15) is 9.59 Å². The summed E-state index contributed by atoms with van der Waals surface area (Å²) in [5, 5.41) is 8.76. The van der Waals surface area contributed by atoms with Crippen molar-refractivity contribution in [2.24, 2.45) is 0 Å². The molecule has 0 unspecified atom stereocenters. The Morgan fingerprint density at radius 1 is 0.973 bits per heavy atom. The molecule has 0 radical (unpaired) electrons. The van der Waals surface area contributed by atoms with Crippen LogP contribution in [0, 0.1) is 6.92 Å². The van der Waals surface area contributed by atoms with E-state index in [4.69, 9.17) is 9.47 Å². The number of Topliss-reactive ketones (excluding diaryl/α,β-unsaturated/α-hetero) is 1. The van der Waals surface area contributed by atoms with E-state index in [1.165, 1.54) is 0 Å². The van der Waals surface area contributed by atoms with Crippen LogP contribution in [-0.2, 0) is 4.79 Å². The van der Waals surface area contributed by atoms with Gasteiger partial charge in [0.05, 0.1) is 31.4 Å². The molecule has 8 heteroatoms. The molecule has 2 aromatic heterocycles. The number of aryl methyl sites for hydroxylation is 1. The highest BCUT2D eigenvalue weighted by atomic mass is 32.1. The number of anilines is 1. The highest BCUT2D eigenvalue weighted by Gasteiger charge is 2.42. The first-order valence-corrected chi connectivity index (χ1v) is 13.1. The van der Waals surface area contributed by atoms with Crippen LogP contribution in [0.5, 0.6) is 11.5 Å². The number of carbonyl (C=O) groups excluding carboxylic acids is 1. The Morgan fingerprint density at radius 2 is 1.76 bits per heavy atom. The summed E-state index contributed by atoms with van der Waals surface area (Å²) in [6.45, 7) is 2.04. The number of rotatable bonds is 5. The minimum Gasteiger partial charge on any atom is -0.493 e. The van der Waals surface area contributed by atoms with Gasteiger partial charge in [-0.05, 0) is 66.1 Å². The number of H-pyrrole nitrogens is 1. The average molecular weight is 514 g/mol. The molecular formula is C29H27N3O4S. The monoisotopic (exact) mass is 513 g/mol. The number of ether oxygens (including phenoxy) is 2. The van der Waals surface area contributed by atoms with Crippen molar-refractivity contribution >= 4 is 22.9 Å². The second kappa shape index (κ2) is 9.12. The number of methoxy groups -OCH3 is 2. The van der Waals surface area contributed by atoms with Crippen molar-refractivity contribution in [1.29, 1.82) is 0 Å². The number of fused-ring (bicyclic) bond motifs is 1. The molecule has 2 atom stereocenters. The van der Waals surface area contributed by atoms with E-state index >= 15 is 0 Å². The van der Waals surface area contributed by atoms with Gasteiger partial charge in [-0.1, -0.05) is 24.3 Å². The number of aromatic amines is 1. The summed E-state index contributed by atoms with van der Waals surface area (Å²) >= 11 is 1.59. The van der Waals surface area contributed by atoms with Gasteiger partial charge in [0.15, 0.2) is 17.3 Å². The highest BCUT2D eigenvalue weighted by Crippen LogP contribution is 2.49. The number of aromatic nitrogens is 2. The highest BCUT2D eigenvalue weighted by molar-refractivity contribution is 7.10. The van der Waals surface area contributed by atoms with Gasteiger partial charge in [0.25, 0.3) is 5.56 Å². The molecule has 1 aliphatic heterocycles. The first-order valence-electron chi connectivity index (χ1n) is 12.2. The maximum absolute atomic E-state index is 13.8. The Morgan fingerprint density at radius 3 is 2.46 bits per heavy atom. The minimum atomic E-state index is -0.404. The average Bonchev–Trinajstić information content (AvgIpc) is 3.49. The summed E-state index contributed by atoms with van der Waals surface area (Å²) < 4.78 is 12.5. The Labute approximate surface area is 218 Å². The van der Waals surface area contributed by atoms with E-state index in [0.29, 0.717) is 41.3 Å². The predicted octanol–water partition coefficient (Wildman–Crippen LogP) is 5.51. The lowest BCUT2D eigenvalue weighted by molar-refractivity contribution is -0.116. The van der Waals surface area contributed by atoms with Gasteiger partial charge >= 0.3 is 0 Å². The fourth-order valence-electron chi connectivity index (χ4n) is 5.54. The number of ketones is 1. The van der Waals surface area contributed by atoms with Crippen LogP contribution < -0.4 is 20.3 Å². The topological polar surface area (TPSA) is 85.4 Å². The van der Waals surface area contributed by atoms with E-state index in [1.807, 2.05) is 66.9 Å². The Balaban J connectivity index is 1.47. The molecule has 0 amide bonds. The molecule has 1 aliphatic carbocycles. The van der Waals surface area contributed by atoms with E-state index in [-0.39, 0.29) is 17.3 Å². The Kier molecular flexibility index (Phi) is 5.76. The molecule has 0 fully saturated rings.